The Balaban J connectivity index is 2.54. The summed E-state index contributed by atoms with van der Waals surface area (Å²) in [6.07, 6.45) is 0. The van der Waals surface area contributed by atoms with Crippen LogP contribution in [0.1, 0.15) is 6.92 Å². The Morgan fingerprint density at radius 3 is 2.29 bits per heavy atom. The van der Waals surface area contributed by atoms with Gasteiger partial charge in [0.15, 0.2) is 11.5 Å². The summed E-state index contributed by atoms with van der Waals surface area (Å²) in [6, 6.07) is 8.48. The van der Waals surface area contributed by atoms with Crippen LogP contribution in [0.25, 0.3) is 0 Å². The highest BCUT2D eigenvalue weighted by atomic mass is 79.9. The van der Waals surface area contributed by atoms with Gasteiger partial charge in [-0.1, -0.05) is 15.9 Å². The Labute approximate surface area is 149 Å². The summed E-state index contributed by atoms with van der Waals surface area (Å²) in [5, 5.41) is 0. The van der Waals surface area contributed by atoms with Crippen LogP contribution in [0.4, 0.5) is 10.1 Å². The lowest BCUT2D eigenvalue weighted by Crippen LogP contribution is -2.31. The van der Waals surface area contributed by atoms with E-state index in [9.17, 15) is 12.8 Å². The number of methoxy groups -OCH3 is 2. The molecular weight excluding hydrogens is 401 g/mol. The summed E-state index contributed by atoms with van der Waals surface area (Å²) in [4.78, 5) is -0.00989. The first-order valence-corrected chi connectivity index (χ1v) is 9.28. The number of halogens is 2. The average molecular weight is 418 g/mol. The fourth-order valence-corrected chi connectivity index (χ4v) is 4.09. The zero-order valence-corrected chi connectivity index (χ0v) is 15.8. The molecule has 0 heterocycles. The van der Waals surface area contributed by atoms with Gasteiger partial charge in [0.25, 0.3) is 10.0 Å². The fraction of sp³-hybridized carbons (Fsp3) is 0.250. The van der Waals surface area contributed by atoms with Crippen molar-refractivity contribution in [2.45, 2.75) is 11.8 Å². The number of benzene rings is 2. The molecule has 8 heteroatoms. The maximum Gasteiger partial charge on any atom is 0.264 e. The van der Waals surface area contributed by atoms with Crippen LogP contribution in [-0.2, 0) is 10.0 Å². The number of anilines is 1. The molecule has 5 nitrogen and oxygen atoms in total. The topological polar surface area (TPSA) is 55.8 Å². The summed E-state index contributed by atoms with van der Waals surface area (Å²) in [5.74, 6) is 0.0653. The molecule has 0 radical (unpaired) electrons. The fourth-order valence-electron chi connectivity index (χ4n) is 2.26. The third kappa shape index (κ3) is 3.49. The smallest absolute Gasteiger partial charge is 0.264 e. The van der Waals surface area contributed by atoms with E-state index in [1.807, 2.05) is 0 Å². The molecule has 2 rings (SSSR count). The van der Waals surface area contributed by atoms with E-state index in [-0.39, 0.29) is 22.9 Å². The molecule has 0 saturated heterocycles. The predicted octanol–water partition coefficient (Wildman–Crippen LogP) is 3.82. The molecular formula is C16H17BrFNO4S. The van der Waals surface area contributed by atoms with Crippen LogP contribution in [0.3, 0.4) is 0 Å². The number of hydrogen-bond donors (Lipinski definition) is 0. The van der Waals surface area contributed by atoms with E-state index >= 15 is 0 Å². The molecule has 130 valence electrons. The summed E-state index contributed by atoms with van der Waals surface area (Å²) < 4.78 is 51.8. The number of hydrogen-bond acceptors (Lipinski definition) is 4. The van der Waals surface area contributed by atoms with Crippen LogP contribution in [0.5, 0.6) is 11.5 Å². The zero-order valence-electron chi connectivity index (χ0n) is 13.4. The van der Waals surface area contributed by atoms with Crippen LogP contribution in [-0.4, -0.2) is 29.2 Å². The molecule has 0 N–H and O–H groups in total. The van der Waals surface area contributed by atoms with E-state index in [1.165, 1.54) is 44.6 Å². The summed E-state index contributed by atoms with van der Waals surface area (Å²) in [6.45, 7) is 1.72. The van der Waals surface area contributed by atoms with Gasteiger partial charge in [-0.15, -0.1) is 0 Å². The number of ether oxygens (including phenoxy) is 2. The molecule has 0 aliphatic heterocycles. The van der Waals surface area contributed by atoms with Gasteiger partial charge < -0.3 is 9.47 Å². The number of nitrogens with zero attached hydrogens (tertiary/aromatic N) is 1. The van der Waals surface area contributed by atoms with Crippen molar-refractivity contribution in [1.29, 1.82) is 0 Å². The summed E-state index contributed by atoms with van der Waals surface area (Å²) in [5.41, 5.74) is -0.0181. The lowest BCUT2D eigenvalue weighted by Gasteiger charge is -2.24. The first kappa shape index (κ1) is 18.5. The lowest BCUT2D eigenvalue weighted by atomic mass is 10.3. The molecule has 0 saturated carbocycles. The molecule has 0 fully saturated rings. The van der Waals surface area contributed by atoms with Crippen molar-refractivity contribution in [3.05, 3.63) is 46.7 Å². The van der Waals surface area contributed by atoms with Gasteiger partial charge in [-0.2, -0.15) is 0 Å². The molecule has 2 aromatic carbocycles. The van der Waals surface area contributed by atoms with Crippen molar-refractivity contribution in [3.8, 4) is 11.5 Å². The highest BCUT2D eigenvalue weighted by Crippen LogP contribution is 2.33. The molecule has 0 aromatic heterocycles. The Morgan fingerprint density at radius 2 is 1.75 bits per heavy atom. The maximum absolute atomic E-state index is 14.2. The summed E-state index contributed by atoms with van der Waals surface area (Å²) in [7, 11) is -1.08. The standard InChI is InChI=1S/C16H17BrFNO4S/c1-4-19(14-7-5-11(17)9-13(14)18)24(20,21)12-6-8-15(22-2)16(10-12)23-3/h5-10H,4H2,1-3H3. The SMILES string of the molecule is CCN(c1ccc(Br)cc1F)S(=O)(=O)c1ccc(OC)c(OC)c1. The Hall–Kier alpha value is -1.80. The van der Waals surface area contributed by atoms with Crippen LogP contribution in [0.2, 0.25) is 0 Å². The molecule has 2 aromatic rings. The van der Waals surface area contributed by atoms with E-state index < -0.39 is 15.8 Å². The van der Waals surface area contributed by atoms with E-state index in [0.717, 1.165) is 4.31 Å². The quantitative estimate of drug-likeness (QED) is 0.716. The minimum Gasteiger partial charge on any atom is -0.493 e. The Bertz CT molecular complexity index is 842. The number of sulfonamides is 1. The Kier molecular flexibility index (Phi) is 5.71. The minimum atomic E-state index is -3.95. The molecule has 0 bridgehead atoms. The molecule has 0 atom stereocenters. The largest absolute Gasteiger partial charge is 0.493 e. The summed E-state index contributed by atoms with van der Waals surface area (Å²) >= 11 is 3.16. The molecule has 0 aliphatic carbocycles. The van der Waals surface area contributed by atoms with Crippen LogP contribution >= 0.6 is 15.9 Å². The highest BCUT2D eigenvalue weighted by Gasteiger charge is 2.27. The number of rotatable bonds is 6. The average Bonchev–Trinajstić information content (AvgIpc) is 2.56. The van der Waals surface area contributed by atoms with E-state index in [2.05, 4.69) is 15.9 Å². The van der Waals surface area contributed by atoms with Gasteiger partial charge in [0.2, 0.25) is 0 Å². The lowest BCUT2D eigenvalue weighted by molar-refractivity contribution is 0.354. The van der Waals surface area contributed by atoms with Crippen LogP contribution in [0.15, 0.2) is 45.8 Å². The third-order valence-electron chi connectivity index (χ3n) is 3.41. The van der Waals surface area contributed by atoms with Gasteiger partial charge in [0.1, 0.15) is 5.82 Å². The second-order valence-corrected chi connectivity index (χ2v) is 7.56. The normalized spacial score (nSPS) is 11.2. The maximum atomic E-state index is 14.2. The van der Waals surface area contributed by atoms with Gasteiger partial charge in [0, 0.05) is 17.1 Å². The molecule has 0 spiro atoms. The van der Waals surface area contributed by atoms with Gasteiger partial charge in [-0.3, -0.25) is 4.31 Å². The second kappa shape index (κ2) is 7.40. The monoisotopic (exact) mass is 417 g/mol. The van der Waals surface area contributed by atoms with Gasteiger partial charge >= 0.3 is 0 Å². The van der Waals surface area contributed by atoms with E-state index in [1.54, 1.807) is 13.0 Å². The van der Waals surface area contributed by atoms with E-state index in [4.69, 9.17) is 9.47 Å². The molecule has 0 amide bonds. The van der Waals surface area contributed by atoms with Crippen molar-refractivity contribution >= 4 is 31.6 Å². The Morgan fingerprint density at radius 1 is 1.08 bits per heavy atom. The van der Waals surface area contributed by atoms with Crippen molar-refractivity contribution in [2.75, 3.05) is 25.1 Å². The van der Waals surface area contributed by atoms with Crippen molar-refractivity contribution in [3.63, 3.8) is 0 Å². The second-order valence-electron chi connectivity index (χ2n) is 4.78. The van der Waals surface area contributed by atoms with Crippen LogP contribution in [0, 0.1) is 5.82 Å². The first-order valence-electron chi connectivity index (χ1n) is 7.05. The minimum absolute atomic E-state index is 0.00989. The highest BCUT2D eigenvalue weighted by molar-refractivity contribution is 9.10. The van der Waals surface area contributed by atoms with Gasteiger partial charge in [0.05, 0.1) is 24.8 Å². The van der Waals surface area contributed by atoms with E-state index in [0.29, 0.717) is 10.2 Å². The van der Waals surface area contributed by atoms with Gasteiger partial charge in [-0.05, 0) is 37.3 Å². The first-order chi connectivity index (χ1) is 11.3. The van der Waals surface area contributed by atoms with Crippen molar-refractivity contribution in [2.24, 2.45) is 0 Å². The molecule has 0 aliphatic rings. The van der Waals surface area contributed by atoms with Gasteiger partial charge in [-0.25, -0.2) is 12.8 Å². The predicted molar refractivity (Wildman–Crippen MR) is 93.9 cm³/mol. The van der Waals surface area contributed by atoms with Crippen LogP contribution < -0.4 is 13.8 Å². The molecule has 24 heavy (non-hydrogen) atoms. The van der Waals surface area contributed by atoms with Crippen molar-refractivity contribution in [1.82, 2.24) is 0 Å². The zero-order chi connectivity index (χ0) is 17.9. The third-order valence-corrected chi connectivity index (χ3v) is 5.79. The molecule has 0 unspecified atom stereocenters. The van der Waals surface area contributed by atoms with Crippen molar-refractivity contribution < 1.29 is 22.3 Å².